The first-order valence-electron chi connectivity index (χ1n) is 7.00. The third-order valence-corrected chi connectivity index (χ3v) is 3.61. The molecule has 0 bridgehead atoms. The van der Waals surface area contributed by atoms with E-state index in [-0.39, 0.29) is 5.28 Å². The van der Waals surface area contributed by atoms with Crippen LogP contribution in [0.1, 0.15) is 18.5 Å². The Kier molecular flexibility index (Phi) is 4.15. The molecule has 0 atom stereocenters. The highest BCUT2D eigenvalue weighted by Gasteiger charge is 2.18. The Bertz CT molecular complexity index is 600. The number of pyridine rings is 1. The van der Waals surface area contributed by atoms with E-state index in [1.165, 1.54) is 12.8 Å². The molecule has 0 spiro atoms. The van der Waals surface area contributed by atoms with E-state index in [0.717, 1.165) is 18.8 Å². The number of hydrogen-bond donors (Lipinski definition) is 0. The monoisotopic (exact) mass is 304 g/mol. The zero-order chi connectivity index (χ0) is 14.7. The van der Waals surface area contributed by atoms with Crippen molar-refractivity contribution in [1.82, 2.24) is 19.9 Å². The minimum Gasteiger partial charge on any atom is -0.341 e. The van der Waals surface area contributed by atoms with E-state index >= 15 is 0 Å². The largest absolute Gasteiger partial charge is 0.341 e. The summed E-state index contributed by atoms with van der Waals surface area (Å²) < 4.78 is 0. The molecule has 6 nitrogen and oxygen atoms in total. The zero-order valence-corrected chi connectivity index (χ0v) is 12.7. The van der Waals surface area contributed by atoms with Crippen LogP contribution < -0.4 is 9.80 Å². The van der Waals surface area contributed by atoms with Gasteiger partial charge in [-0.1, -0.05) is 6.07 Å². The van der Waals surface area contributed by atoms with Crippen LogP contribution in [-0.2, 0) is 6.54 Å². The van der Waals surface area contributed by atoms with Crippen LogP contribution in [0.5, 0.6) is 0 Å². The lowest BCUT2D eigenvalue weighted by atomic mass is 10.3. The maximum atomic E-state index is 6.04. The fraction of sp³-hybridized carbons (Fsp3) is 0.429. The van der Waals surface area contributed by atoms with E-state index in [2.05, 4.69) is 24.8 Å². The molecule has 1 fully saturated rings. The molecule has 0 radical (unpaired) electrons. The molecule has 1 aliphatic heterocycles. The molecule has 2 aromatic heterocycles. The van der Waals surface area contributed by atoms with Gasteiger partial charge in [0.25, 0.3) is 0 Å². The topological polar surface area (TPSA) is 58.0 Å². The summed E-state index contributed by atoms with van der Waals surface area (Å²) in [6.07, 6.45) is 4.12. The van der Waals surface area contributed by atoms with Gasteiger partial charge in [0.15, 0.2) is 0 Å². The van der Waals surface area contributed by atoms with Gasteiger partial charge < -0.3 is 9.80 Å². The second-order valence-corrected chi connectivity index (χ2v) is 5.41. The van der Waals surface area contributed by atoms with Crippen molar-refractivity contribution >= 4 is 23.5 Å². The van der Waals surface area contributed by atoms with Crippen molar-refractivity contribution < 1.29 is 0 Å². The van der Waals surface area contributed by atoms with Crippen molar-refractivity contribution in [2.24, 2.45) is 0 Å². The van der Waals surface area contributed by atoms with E-state index in [1.807, 2.05) is 30.1 Å². The Balaban J connectivity index is 1.80. The van der Waals surface area contributed by atoms with Crippen LogP contribution in [0.3, 0.4) is 0 Å². The summed E-state index contributed by atoms with van der Waals surface area (Å²) in [6.45, 7) is 2.58. The maximum Gasteiger partial charge on any atom is 0.231 e. The molecule has 2 aromatic rings. The highest BCUT2D eigenvalue weighted by atomic mass is 35.5. The summed E-state index contributed by atoms with van der Waals surface area (Å²) in [6, 6.07) is 5.84. The van der Waals surface area contributed by atoms with Crippen molar-refractivity contribution in [1.29, 1.82) is 0 Å². The molecular formula is C14H17ClN6. The van der Waals surface area contributed by atoms with Crippen molar-refractivity contribution in [3.05, 3.63) is 35.4 Å². The lowest BCUT2D eigenvalue weighted by molar-refractivity contribution is 0.811. The van der Waals surface area contributed by atoms with Crippen LogP contribution in [-0.4, -0.2) is 40.1 Å². The molecular weight excluding hydrogens is 288 g/mol. The summed E-state index contributed by atoms with van der Waals surface area (Å²) in [7, 11) is 1.92. The van der Waals surface area contributed by atoms with Gasteiger partial charge in [0.2, 0.25) is 17.2 Å². The molecule has 21 heavy (non-hydrogen) atoms. The fourth-order valence-electron chi connectivity index (χ4n) is 2.36. The first-order valence-corrected chi connectivity index (χ1v) is 7.38. The van der Waals surface area contributed by atoms with Gasteiger partial charge in [-0.3, -0.25) is 4.98 Å². The minimum atomic E-state index is 0.231. The Morgan fingerprint density at radius 1 is 1.19 bits per heavy atom. The van der Waals surface area contributed by atoms with Crippen molar-refractivity contribution in [3.63, 3.8) is 0 Å². The highest BCUT2D eigenvalue weighted by molar-refractivity contribution is 6.28. The second-order valence-electron chi connectivity index (χ2n) is 5.08. The predicted octanol–water partition coefficient (Wildman–Crippen LogP) is 2.16. The third kappa shape index (κ3) is 3.39. The van der Waals surface area contributed by atoms with Gasteiger partial charge in [-0.05, 0) is 36.6 Å². The van der Waals surface area contributed by atoms with Gasteiger partial charge in [-0.2, -0.15) is 15.0 Å². The van der Waals surface area contributed by atoms with Crippen molar-refractivity contribution in [2.45, 2.75) is 19.4 Å². The molecule has 0 unspecified atom stereocenters. The predicted molar refractivity (Wildman–Crippen MR) is 82.6 cm³/mol. The van der Waals surface area contributed by atoms with E-state index in [9.17, 15) is 0 Å². The number of hydrogen-bond acceptors (Lipinski definition) is 6. The second kappa shape index (κ2) is 6.22. The molecule has 3 rings (SSSR count). The molecule has 7 heteroatoms. The number of rotatable bonds is 4. The number of anilines is 2. The fourth-order valence-corrected chi connectivity index (χ4v) is 2.52. The van der Waals surface area contributed by atoms with Crippen LogP contribution in [0, 0.1) is 0 Å². The third-order valence-electron chi connectivity index (χ3n) is 3.44. The standard InChI is InChI=1S/C14H17ClN6/c1-20(10-11-6-2-3-7-16-11)13-17-12(15)18-14(19-13)21-8-4-5-9-21/h2-3,6-7H,4-5,8-10H2,1H3. The highest BCUT2D eigenvalue weighted by Crippen LogP contribution is 2.20. The molecule has 0 aliphatic carbocycles. The summed E-state index contributed by atoms with van der Waals surface area (Å²) >= 11 is 6.04. The van der Waals surface area contributed by atoms with Gasteiger partial charge in [-0.15, -0.1) is 0 Å². The molecule has 0 saturated carbocycles. The number of halogens is 1. The van der Waals surface area contributed by atoms with Gasteiger partial charge >= 0.3 is 0 Å². The first kappa shape index (κ1) is 14.0. The van der Waals surface area contributed by atoms with Crippen LogP contribution in [0.25, 0.3) is 0 Å². The van der Waals surface area contributed by atoms with Crippen LogP contribution in [0.2, 0.25) is 5.28 Å². The molecule has 110 valence electrons. The Morgan fingerprint density at radius 3 is 2.71 bits per heavy atom. The van der Waals surface area contributed by atoms with Gasteiger partial charge in [0.05, 0.1) is 12.2 Å². The lowest BCUT2D eigenvalue weighted by Gasteiger charge is -2.20. The summed E-state index contributed by atoms with van der Waals surface area (Å²) in [4.78, 5) is 21.4. The number of nitrogens with zero attached hydrogens (tertiary/aromatic N) is 6. The van der Waals surface area contributed by atoms with E-state index < -0.39 is 0 Å². The Labute approximate surface area is 128 Å². The van der Waals surface area contributed by atoms with Crippen molar-refractivity contribution in [2.75, 3.05) is 29.9 Å². The van der Waals surface area contributed by atoms with Gasteiger partial charge in [0.1, 0.15) is 0 Å². The smallest absolute Gasteiger partial charge is 0.231 e. The van der Waals surface area contributed by atoms with Crippen molar-refractivity contribution in [3.8, 4) is 0 Å². The molecule has 1 saturated heterocycles. The SMILES string of the molecule is CN(Cc1ccccn1)c1nc(Cl)nc(N2CCCC2)n1. The Hall–Kier alpha value is -1.95. The molecule has 3 heterocycles. The summed E-state index contributed by atoms with van der Waals surface area (Å²) in [5.74, 6) is 1.23. The van der Waals surface area contributed by atoms with E-state index in [0.29, 0.717) is 18.4 Å². The van der Waals surface area contributed by atoms with E-state index in [1.54, 1.807) is 6.20 Å². The first-order chi connectivity index (χ1) is 10.2. The molecule has 0 aromatic carbocycles. The summed E-state index contributed by atoms with van der Waals surface area (Å²) in [5, 5.41) is 0.231. The zero-order valence-electron chi connectivity index (χ0n) is 11.9. The average molecular weight is 305 g/mol. The van der Waals surface area contributed by atoms with Gasteiger partial charge in [-0.25, -0.2) is 0 Å². The van der Waals surface area contributed by atoms with Crippen LogP contribution >= 0.6 is 11.6 Å². The lowest BCUT2D eigenvalue weighted by Crippen LogP contribution is -2.24. The molecule has 0 N–H and O–H groups in total. The minimum absolute atomic E-state index is 0.231. The summed E-state index contributed by atoms with van der Waals surface area (Å²) in [5.41, 5.74) is 0.958. The van der Waals surface area contributed by atoms with Gasteiger partial charge in [0, 0.05) is 26.3 Å². The van der Waals surface area contributed by atoms with E-state index in [4.69, 9.17) is 11.6 Å². The molecule has 1 aliphatic rings. The number of aromatic nitrogens is 4. The maximum absolute atomic E-state index is 6.04. The Morgan fingerprint density at radius 2 is 2.00 bits per heavy atom. The van der Waals surface area contributed by atoms with Crippen LogP contribution in [0.15, 0.2) is 24.4 Å². The normalized spacial score (nSPS) is 14.5. The average Bonchev–Trinajstić information content (AvgIpc) is 3.02. The molecule has 0 amide bonds. The van der Waals surface area contributed by atoms with Crippen LogP contribution in [0.4, 0.5) is 11.9 Å². The quantitative estimate of drug-likeness (QED) is 0.863.